The van der Waals surface area contributed by atoms with Crippen LogP contribution in [0.3, 0.4) is 0 Å². The van der Waals surface area contributed by atoms with Crippen LogP contribution in [0.2, 0.25) is 0 Å². The van der Waals surface area contributed by atoms with Crippen molar-refractivity contribution in [1.82, 2.24) is 4.90 Å². The molecule has 1 aliphatic heterocycles. The standard InChI is InChI=1S/C15H21BrN2O2/c1-10-8-13(9-11(2)14(10)16)17-12(3)15(19)18-4-6-20-7-5-18/h8-9,12,17H,4-7H2,1-3H3. The molecule has 1 heterocycles. The van der Waals surface area contributed by atoms with Crippen molar-refractivity contribution in [1.29, 1.82) is 0 Å². The van der Waals surface area contributed by atoms with E-state index in [2.05, 4.69) is 47.2 Å². The molecule has 0 aliphatic carbocycles. The summed E-state index contributed by atoms with van der Waals surface area (Å²) in [4.78, 5) is 14.2. The molecule has 110 valence electrons. The van der Waals surface area contributed by atoms with E-state index in [9.17, 15) is 4.79 Å². The van der Waals surface area contributed by atoms with Crippen molar-refractivity contribution in [3.8, 4) is 0 Å². The molecule has 0 radical (unpaired) electrons. The fraction of sp³-hybridized carbons (Fsp3) is 0.533. The van der Waals surface area contributed by atoms with Gasteiger partial charge in [0.15, 0.2) is 0 Å². The number of nitrogens with one attached hydrogen (secondary N) is 1. The molecule has 1 aromatic rings. The molecule has 1 aromatic carbocycles. The van der Waals surface area contributed by atoms with E-state index in [1.165, 1.54) is 11.1 Å². The Bertz CT molecular complexity index is 476. The zero-order chi connectivity index (χ0) is 14.7. The van der Waals surface area contributed by atoms with Gasteiger partial charge in [0.05, 0.1) is 13.2 Å². The average Bonchev–Trinajstić information content (AvgIpc) is 2.44. The van der Waals surface area contributed by atoms with E-state index in [0.29, 0.717) is 26.3 Å². The third-order valence-corrected chi connectivity index (χ3v) is 4.76. The quantitative estimate of drug-likeness (QED) is 0.919. The monoisotopic (exact) mass is 340 g/mol. The van der Waals surface area contributed by atoms with Crippen LogP contribution >= 0.6 is 15.9 Å². The fourth-order valence-corrected chi connectivity index (χ4v) is 2.63. The zero-order valence-corrected chi connectivity index (χ0v) is 13.8. The average molecular weight is 341 g/mol. The molecule has 1 N–H and O–H groups in total. The number of ether oxygens (including phenoxy) is 1. The molecule has 0 bridgehead atoms. The van der Waals surface area contributed by atoms with E-state index in [1.54, 1.807) is 0 Å². The Morgan fingerprint density at radius 1 is 1.30 bits per heavy atom. The Balaban J connectivity index is 2.03. The van der Waals surface area contributed by atoms with Gasteiger partial charge >= 0.3 is 0 Å². The first kappa shape index (κ1) is 15.3. The third-order valence-electron chi connectivity index (χ3n) is 3.51. The fourth-order valence-electron chi connectivity index (χ4n) is 2.40. The second kappa shape index (κ2) is 6.59. The predicted molar refractivity (Wildman–Crippen MR) is 84.1 cm³/mol. The summed E-state index contributed by atoms with van der Waals surface area (Å²) in [5, 5.41) is 3.29. The van der Waals surface area contributed by atoms with Crippen molar-refractivity contribution in [2.24, 2.45) is 0 Å². The largest absolute Gasteiger partial charge is 0.378 e. The number of hydrogen-bond acceptors (Lipinski definition) is 3. The number of nitrogens with zero attached hydrogens (tertiary/aromatic N) is 1. The number of rotatable bonds is 3. The number of amides is 1. The molecule has 0 spiro atoms. The minimum Gasteiger partial charge on any atom is -0.378 e. The first-order valence-corrected chi connectivity index (χ1v) is 7.68. The number of aryl methyl sites for hydroxylation is 2. The van der Waals surface area contributed by atoms with Crippen molar-refractivity contribution < 1.29 is 9.53 Å². The van der Waals surface area contributed by atoms with Crippen LogP contribution in [-0.4, -0.2) is 43.2 Å². The van der Waals surface area contributed by atoms with E-state index < -0.39 is 0 Å². The van der Waals surface area contributed by atoms with Gasteiger partial charge in [0, 0.05) is 23.2 Å². The minimum atomic E-state index is -0.229. The predicted octanol–water partition coefficient (Wildman–Crippen LogP) is 2.73. The lowest BCUT2D eigenvalue weighted by Gasteiger charge is -2.30. The second-order valence-corrected chi connectivity index (χ2v) is 6.02. The van der Waals surface area contributed by atoms with Crippen molar-refractivity contribution in [3.05, 3.63) is 27.7 Å². The highest BCUT2D eigenvalue weighted by Gasteiger charge is 2.22. The number of hydrogen-bond donors (Lipinski definition) is 1. The Labute approximate surface area is 128 Å². The molecule has 1 saturated heterocycles. The van der Waals surface area contributed by atoms with Gasteiger partial charge in [0.2, 0.25) is 5.91 Å². The maximum atomic E-state index is 12.3. The molecule has 1 unspecified atom stereocenters. The van der Waals surface area contributed by atoms with Crippen LogP contribution in [0.1, 0.15) is 18.1 Å². The number of anilines is 1. The highest BCUT2D eigenvalue weighted by Crippen LogP contribution is 2.25. The number of morpholine rings is 1. The summed E-state index contributed by atoms with van der Waals surface area (Å²) in [6.07, 6.45) is 0. The summed E-state index contributed by atoms with van der Waals surface area (Å²) in [5.74, 6) is 0.131. The van der Waals surface area contributed by atoms with Crippen LogP contribution in [0.5, 0.6) is 0 Å². The zero-order valence-electron chi connectivity index (χ0n) is 12.2. The van der Waals surface area contributed by atoms with Crippen molar-refractivity contribution >= 4 is 27.5 Å². The van der Waals surface area contributed by atoms with Crippen LogP contribution in [0.4, 0.5) is 5.69 Å². The summed E-state index contributed by atoms with van der Waals surface area (Å²) in [6.45, 7) is 8.65. The molecule has 0 aromatic heterocycles. The van der Waals surface area contributed by atoms with Crippen molar-refractivity contribution in [2.75, 3.05) is 31.6 Å². The molecule has 1 aliphatic rings. The molecule has 20 heavy (non-hydrogen) atoms. The lowest BCUT2D eigenvalue weighted by molar-refractivity contribution is -0.135. The van der Waals surface area contributed by atoms with E-state index in [0.717, 1.165) is 10.2 Å². The van der Waals surface area contributed by atoms with Crippen LogP contribution in [-0.2, 0) is 9.53 Å². The van der Waals surface area contributed by atoms with Gasteiger partial charge < -0.3 is 15.0 Å². The lowest BCUT2D eigenvalue weighted by Crippen LogP contribution is -2.47. The smallest absolute Gasteiger partial charge is 0.244 e. The van der Waals surface area contributed by atoms with Gasteiger partial charge in [-0.05, 0) is 44.0 Å². The normalized spacial score (nSPS) is 16.9. The third kappa shape index (κ3) is 3.52. The molecule has 2 rings (SSSR count). The van der Waals surface area contributed by atoms with Gasteiger partial charge in [-0.15, -0.1) is 0 Å². The molecule has 5 heteroatoms. The van der Waals surface area contributed by atoms with Gasteiger partial charge in [-0.2, -0.15) is 0 Å². The Hall–Kier alpha value is -1.07. The summed E-state index contributed by atoms with van der Waals surface area (Å²) < 4.78 is 6.39. The van der Waals surface area contributed by atoms with Crippen LogP contribution in [0, 0.1) is 13.8 Å². The van der Waals surface area contributed by atoms with E-state index in [1.807, 2.05) is 11.8 Å². The number of carbonyl (C=O) groups is 1. The van der Waals surface area contributed by atoms with Crippen molar-refractivity contribution in [3.63, 3.8) is 0 Å². The highest BCUT2D eigenvalue weighted by molar-refractivity contribution is 9.10. The number of benzene rings is 1. The number of halogens is 1. The topological polar surface area (TPSA) is 41.6 Å². The van der Waals surface area contributed by atoms with Gasteiger partial charge in [0.1, 0.15) is 6.04 Å². The first-order valence-electron chi connectivity index (χ1n) is 6.89. The van der Waals surface area contributed by atoms with Crippen LogP contribution in [0.25, 0.3) is 0 Å². The summed E-state index contributed by atoms with van der Waals surface area (Å²) in [5.41, 5.74) is 3.31. The Kier molecular flexibility index (Phi) is 5.05. The summed E-state index contributed by atoms with van der Waals surface area (Å²) >= 11 is 3.55. The lowest BCUT2D eigenvalue weighted by atomic mass is 10.1. The van der Waals surface area contributed by atoms with Crippen LogP contribution in [0.15, 0.2) is 16.6 Å². The highest BCUT2D eigenvalue weighted by atomic mass is 79.9. The van der Waals surface area contributed by atoms with Crippen molar-refractivity contribution in [2.45, 2.75) is 26.8 Å². The van der Waals surface area contributed by atoms with E-state index in [4.69, 9.17) is 4.74 Å². The van der Waals surface area contributed by atoms with Gasteiger partial charge in [-0.3, -0.25) is 4.79 Å². The summed E-state index contributed by atoms with van der Waals surface area (Å²) in [7, 11) is 0. The first-order chi connectivity index (χ1) is 9.49. The Morgan fingerprint density at radius 2 is 1.85 bits per heavy atom. The molecule has 1 atom stereocenters. The Morgan fingerprint density at radius 3 is 2.40 bits per heavy atom. The molecule has 1 amide bonds. The number of carbonyl (C=O) groups excluding carboxylic acids is 1. The molecular formula is C15H21BrN2O2. The van der Waals surface area contributed by atoms with Gasteiger partial charge in [0.25, 0.3) is 0 Å². The molecule has 4 nitrogen and oxygen atoms in total. The van der Waals surface area contributed by atoms with Gasteiger partial charge in [-0.1, -0.05) is 15.9 Å². The molecule has 1 fully saturated rings. The second-order valence-electron chi connectivity index (χ2n) is 5.23. The molecule has 0 saturated carbocycles. The minimum absolute atomic E-state index is 0.131. The maximum absolute atomic E-state index is 12.3. The molecular weight excluding hydrogens is 320 g/mol. The van der Waals surface area contributed by atoms with E-state index in [-0.39, 0.29) is 11.9 Å². The van der Waals surface area contributed by atoms with E-state index >= 15 is 0 Å². The van der Waals surface area contributed by atoms with Gasteiger partial charge in [-0.25, -0.2) is 0 Å². The SMILES string of the molecule is Cc1cc(NC(C)C(=O)N2CCOCC2)cc(C)c1Br. The maximum Gasteiger partial charge on any atom is 0.244 e. The van der Waals surface area contributed by atoms with Crippen LogP contribution < -0.4 is 5.32 Å². The summed E-state index contributed by atoms with van der Waals surface area (Å²) in [6, 6.07) is 3.88.